The number of nitrogens with one attached hydrogen (secondary N) is 1. The summed E-state index contributed by atoms with van der Waals surface area (Å²) < 4.78 is 16.1. The Hall–Kier alpha value is -3.22. The molecule has 2 aromatic rings. The molecule has 34 heavy (non-hydrogen) atoms. The second kappa shape index (κ2) is 14.1. The Morgan fingerprint density at radius 3 is 2.00 bits per heavy atom. The summed E-state index contributed by atoms with van der Waals surface area (Å²) in [5.74, 6) is 2.38. The predicted molar refractivity (Wildman–Crippen MR) is 133 cm³/mol. The molecule has 2 aromatic carbocycles. The number of benzene rings is 2. The molecule has 0 bridgehead atoms. The third-order valence-corrected chi connectivity index (χ3v) is 5.45. The van der Waals surface area contributed by atoms with Crippen molar-refractivity contribution in [2.45, 2.75) is 52.6 Å². The number of carbonyl (C=O) groups excluding carboxylic acids is 2. The van der Waals surface area contributed by atoms with Crippen LogP contribution in [0, 0.1) is 5.92 Å². The third-order valence-electron chi connectivity index (χ3n) is 5.45. The van der Waals surface area contributed by atoms with Crippen LogP contribution >= 0.6 is 0 Å². The summed E-state index contributed by atoms with van der Waals surface area (Å²) in [6.45, 7) is 7.37. The predicted octanol–water partition coefficient (Wildman–Crippen LogP) is 4.44. The average Bonchev–Trinajstić information content (AvgIpc) is 2.85. The smallest absolute Gasteiger partial charge is 0.242 e. The minimum Gasteiger partial charge on any atom is -0.497 e. The molecular weight excluding hydrogens is 432 g/mol. The highest BCUT2D eigenvalue weighted by atomic mass is 16.5. The second-order valence-electron chi connectivity index (χ2n) is 8.56. The van der Waals surface area contributed by atoms with Gasteiger partial charge in [-0.1, -0.05) is 32.9 Å². The highest BCUT2D eigenvalue weighted by Gasteiger charge is 2.28. The van der Waals surface area contributed by atoms with Gasteiger partial charge in [-0.25, -0.2) is 0 Å². The Labute approximate surface area is 203 Å². The Morgan fingerprint density at radius 1 is 0.912 bits per heavy atom. The fourth-order valence-electron chi connectivity index (χ4n) is 3.50. The maximum absolute atomic E-state index is 13.3. The summed E-state index contributed by atoms with van der Waals surface area (Å²) in [5.41, 5.74) is 0.943. The maximum Gasteiger partial charge on any atom is 0.242 e. The molecular formula is C27H38N2O5. The maximum atomic E-state index is 13.3. The van der Waals surface area contributed by atoms with E-state index in [1.165, 1.54) is 0 Å². The van der Waals surface area contributed by atoms with E-state index < -0.39 is 6.04 Å². The number of methoxy groups -OCH3 is 2. The SMILES string of the molecule is CC[C@H](C(=O)NCC(C)C)N(Cc1ccc(OC)cc1)C(=O)CCCOc1ccc(OC)cc1. The summed E-state index contributed by atoms with van der Waals surface area (Å²) in [4.78, 5) is 27.9. The van der Waals surface area contributed by atoms with E-state index in [-0.39, 0.29) is 11.8 Å². The zero-order valence-electron chi connectivity index (χ0n) is 21.0. The van der Waals surface area contributed by atoms with Crippen LogP contribution in [-0.4, -0.2) is 50.1 Å². The molecule has 0 radical (unpaired) electrons. The van der Waals surface area contributed by atoms with Gasteiger partial charge in [0.2, 0.25) is 11.8 Å². The van der Waals surface area contributed by atoms with Crippen LogP contribution in [0.15, 0.2) is 48.5 Å². The van der Waals surface area contributed by atoms with Gasteiger partial charge in [-0.3, -0.25) is 9.59 Å². The molecule has 7 heteroatoms. The molecule has 0 aliphatic rings. The number of ether oxygens (including phenoxy) is 3. The number of rotatable bonds is 14. The largest absolute Gasteiger partial charge is 0.497 e. The van der Waals surface area contributed by atoms with Crippen molar-refractivity contribution >= 4 is 11.8 Å². The molecule has 0 saturated heterocycles. The van der Waals surface area contributed by atoms with Gasteiger partial charge in [-0.05, 0) is 60.7 Å². The van der Waals surface area contributed by atoms with Crippen LogP contribution in [0.2, 0.25) is 0 Å². The number of amides is 2. The second-order valence-corrected chi connectivity index (χ2v) is 8.56. The van der Waals surface area contributed by atoms with E-state index >= 15 is 0 Å². The molecule has 0 unspecified atom stereocenters. The molecule has 1 N–H and O–H groups in total. The zero-order chi connectivity index (χ0) is 24.9. The number of hydrogen-bond donors (Lipinski definition) is 1. The first-order valence-electron chi connectivity index (χ1n) is 11.8. The molecule has 2 rings (SSSR count). The summed E-state index contributed by atoms with van der Waals surface area (Å²) in [6, 6.07) is 14.4. The van der Waals surface area contributed by atoms with E-state index in [0.717, 1.165) is 22.8 Å². The first-order chi connectivity index (χ1) is 16.4. The lowest BCUT2D eigenvalue weighted by molar-refractivity contribution is -0.141. The van der Waals surface area contributed by atoms with E-state index in [1.807, 2.05) is 69.3 Å². The van der Waals surface area contributed by atoms with Gasteiger partial charge in [0.1, 0.15) is 23.3 Å². The van der Waals surface area contributed by atoms with E-state index in [9.17, 15) is 9.59 Å². The Bertz CT molecular complexity index is 881. The van der Waals surface area contributed by atoms with Crippen LogP contribution in [-0.2, 0) is 16.1 Å². The Morgan fingerprint density at radius 2 is 1.47 bits per heavy atom. The highest BCUT2D eigenvalue weighted by Crippen LogP contribution is 2.19. The quantitative estimate of drug-likeness (QED) is 0.413. The molecule has 7 nitrogen and oxygen atoms in total. The monoisotopic (exact) mass is 470 g/mol. The van der Waals surface area contributed by atoms with Crippen molar-refractivity contribution < 1.29 is 23.8 Å². The molecule has 0 aliphatic heterocycles. The third kappa shape index (κ3) is 8.61. The lowest BCUT2D eigenvalue weighted by atomic mass is 10.1. The van der Waals surface area contributed by atoms with Crippen molar-refractivity contribution in [3.05, 3.63) is 54.1 Å². The number of carbonyl (C=O) groups is 2. The molecule has 1 atom stereocenters. The van der Waals surface area contributed by atoms with Crippen LogP contribution in [0.5, 0.6) is 17.2 Å². The van der Waals surface area contributed by atoms with Crippen LogP contribution < -0.4 is 19.5 Å². The summed E-state index contributed by atoms with van der Waals surface area (Å²) in [5, 5.41) is 2.98. The van der Waals surface area contributed by atoms with Crippen LogP contribution in [0.4, 0.5) is 0 Å². The lowest BCUT2D eigenvalue weighted by Gasteiger charge is -2.31. The average molecular weight is 471 g/mol. The molecule has 186 valence electrons. The van der Waals surface area contributed by atoms with Gasteiger partial charge in [0.05, 0.1) is 20.8 Å². The zero-order valence-corrected chi connectivity index (χ0v) is 21.0. The molecule has 0 aliphatic carbocycles. The molecule has 2 amide bonds. The van der Waals surface area contributed by atoms with E-state index in [4.69, 9.17) is 14.2 Å². The van der Waals surface area contributed by atoms with Crippen molar-refractivity contribution in [2.75, 3.05) is 27.4 Å². The first-order valence-corrected chi connectivity index (χ1v) is 11.8. The van der Waals surface area contributed by atoms with Crippen molar-refractivity contribution in [1.29, 1.82) is 0 Å². The van der Waals surface area contributed by atoms with Gasteiger partial charge < -0.3 is 24.4 Å². The molecule has 0 saturated carbocycles. The summed E-state index contributed by atoms with van der Waals surface area (Å²) >= 11 is 0. The van der Waals surface area contributed by atoms with Gasteiger partial charge in [-0.15, -0.1) is 0 Å². The van der Waals surface area contributed by atoms with Crippen LogP contribution in [0.25, 0.3) is 0 Å². The van der Waals surface area contributed by atoms with Crippen LogP contribution in [0.1, 0.15) is 45.6 Å². The fourth-order valence-corrected chi connectivity index (χ4v) is 3.50. The van der Waals surface area contributed by atoms with E-state index in [0.29, 0.717) is 44.9 Å². The van der Waals surface area contributed by atoms with Gasteiger partial charge >= 0.3 is 0 Å². The van der Waals surface area contributed by atoms with Crippen molar-refractivity contribution in [3.63, 3.8) is 0 Å². The van der Waals surface area contributed by atoms with Crippen molar-refractivity contribution in [1.82, 2.24) is 10.2 Å². The van der Waals surface area contributed by atoms with Gasteiger partial charge in [0.15, 0.2) is 0 Å². The minimum atomic E-state index is -0.532. The van der Waals surface area contributed by atoms with Gasteiger partial charge in [0.25, 0.3) is 0 Å². The minimum absolute atomic E-state index is 0.0688. The number of nitrogens with zero attached hydrogens (tertiary/aromatic N) is 1. The lowest BCUT2D eigenvalue weighted by Crippen LogP contribution is -2.49. The molecule has 0 aromatic heterocycles. The van der Waals surface area contributed by atoms with Gasteiger partial charge in [0, 0.05) is 19.5 Å². The van der Waals surface area contributed by atoms with Crippen molar-refractivity contribution in [3.8, 4) is 17.2 Å². The number of hydrogen-bond acceptors (Lipinski definition) is 5. The van der Waals surface area contributed by atoms with E-state index in [1.54, 1.807) is 19.1 Å². The summed E-state index contributed by atoms with van der Waals surface area (Å²) in [6.07, 6.45) is 1.38. The normalized spacial score (nSPS) is 11.6. The van der Waals surface area contributed by atoms with Gasteiger partial charge in [-0.2, -0.15) is 0 Å². The molecule has 0 fully saturated rings. The van der Waals surface area contributed by atoms with Crippen LogP contribution in [0.3, 0.4) is 0 Å². The standard InChI is InChI=1S/C27H38N2O5/c1-6-25(27(31)28-18-20(2)3)29(19-21-9-11-22(32-4)12-10-21)26(30)8-7-17-34-24-15-13-23(33-5)14-16-24/h9-16,20,25H,6-8,17-19H2,1-5H3,(H,28,31)/t25-/m1/s1. The molecule has 0 heterocycles. The fraction of sp³-hybridized carbons (Fsp3) is 0.481. The first kappa shape index (κ1) is 27.0. The summed E-state index contributed by atoms with van der Waals surface area (Å²) in [7, 11) is 3.23. The Kier molecular flexibility index (Phi) is 11.2. The Balaban J connectivity index is 2.04. The molecule has 0 spiro atoms. The topological polar surface area (TPSA) is 77.1 Å². The van der Waals surface area contributed by atoms with E-state index in [2.05, 4.69) is 5.32 Å². The highest BCUT2D eigenvalue weighted by molar-refractivity contribution is 5.87. The van der Waals surface area contributed by atoms with Crippen molar-refractivity contribution in [2.24, 2.45) is 5.92 Å².